The van der Waals surface area contributed by atoms with E-state index in [0.717, 1.165) is 18.4 Å². The van der Waals surface area contributed by atoms with Gasteiger partial charge in [-0.15, -0.1) is 0 Å². The van der Waals surface area contributed by atoms with Crippen LogP contribution in [0.1, 0.15) is 38.3 Å². The number of nitrogens with zero attached hydrogens (tertiary/aromatic N) is 1. The van der Waals surface area contributed by atoms with E-state index in [-0.39, 0.29) is 12.5 Å². The maximum atomic E-state index is 12.3. The van der Waals surface area contributed by atoms with Gasteiger partial charge in [0, 0.05) is 0 Å². The third-order valence-corrected chi connectivity index (χ3v) is 3.15. The average molecular weight is 292 g/mol. The molecule has 0 spiro atoms. The van der Waals surface area contributed by atoms with Gasteiger partial charge in [-0.1, -0.05) is 43.7 Å². The van der Waals surface area contributed by atoms with Gasteiger partial charge in [-0.05, 0) is 25.5 Å². The minimum atomic E-state index is -0.592. The molecule has 0 saturated carbocycles. The van der Waals surface area contributed by atoms with Crippen molar-refractivity contribution >= 4 is 11.9 Å². The van der Waals surface area contributed by atoms with Crippen LogP contribution in [0.5, 0.6) is 0 Å². The maximum Gasteiger partial charge on any atom is 0.328 e. The monoisotopic (exact) mass is 292 g/mol. The number of nitrogens with two attached hydrogens (primary N) is 1. The van der Waals surface area contributed by atoms with Crippen molar-refractivity contribution in [2.75, 3.05) is 19.7 Å². The molecule has 1 amide bonds. The molecule has 2 N–H and O–H groups in total. The van der Waals surface area contributed by atoms with Gasteiger partial charge in [0.2, 0.25) is 5.91 Å². The molecule has 5 heteroatoms. The van der Waals surface area contributed by atoms with Crippen molar-refractivity contribution in [3.8, 4) is 0 Å². The smallest absolute Gasteiger partial charge is 0.328 e. The zero-order chi connectivity index (χ0) is 15.7. The molecule has 0 aromatic heterocycles. The Bertz CT molecular complexity index is 448. The molecule has 0 radical (unpaired) electrons. The van der Waals surface area contributed by atoms with E-state index in [1.165, 1.54) is 0 Å². The fourth-order valence-electron chi connectivity index (χ4n) is 2.21. The van der Waals surface area contributed by atoms with E-state index >= 15 is 0 Å². The number of hydrogen-bond acceptors (Lipinski definition) is 4. The van der Waals surface area contributed by atoms with E-state index in [1.54, 1.807) is 11.8 Å². The normalized spacial score (nSPS) is 12.1. The van der Waals surface area contributed by atoms with Gasteiger partial charge in [-0.2, -0.15) is 0 Å². The predicted molar refractivity (Wildman–Crippen MR) is 81.5 cm³/mol. The fraction of sp³-hybridized carbons (Fsp3) is 0.500. The highest BCUT2D eigenvalue weighted by atomic mass is 16.5. The van der Waals surface area contributed by atoms with E-state index < -0.39 is 11.9 Å². The van der Waals surface area contributed by atoms with Crippen LogP contribution in [-0.2, 0) is 14.3 Å². The van der Waals surface area contributed by atoms with Crippen LogP contribution in [0, 0.1) is 0 Å². The van der Waals surface area contributed by atoms with Gasteiger partial charge in [0.1, 0.15) is 6.04 Å². The van der Waals surface area contributed by atoms with Crippen molar-refractivity contribution in [2.24, 2.45) is 5.73 Å². The number of primary amides is 1. The molecule has 21 heavy (non-hydrogen) atoms. The number of rotatable bonds is 9. The lowest BCUT2D eigenvalue weighted by Crippen LogP contribution is -2.41. The lowest BCUT2D eigenvalue weighted by atomic mass is 10.0. The second-order valence-electron chi connectivity index (χ2n) is 4.86. The summed E-state index contributed by atoms with van der Waals surface area (Å²) in [5, 5.41) is 0. The largest absolute Gasteiger partial charge is 0.465 e. The third-order valence-electron chi connectivity index (χ3n) is 3.15. The summed E-state index contributed by atoms with van der Waals surface area (Å²) >= 11 is 0. The molecular formula is C16H24N2O3. The van der Waals surface area contributed by atoms with E-state index in [0.29, 0.717) is 13.2 Å². The molecule has 1 atom stereocenters. The van der Waals surface area contributed by atoms with Gasteiger partial charge < -0.3 is 10.5 Å². The van der Waals surface area contributed by atoms with Gasteiger partial charge in [-0.3, -0.25) is 9.69 Å². The number of amides is 1. The standard InChI is InChI=1S/C16H24N2O3/c1-3-5-11-18(12-14(17)19)15(16(20)21-4-2)13-9-7-6-8-10-13/h6-10,15H,3-5,11-12H2,1-2H3,(H2,17,19). The first-order valence-electron chi connectivity index (χ1n) is 7.34. The minimum absolute atomic E-state index is 0.0401. The Labute approximate surface area is 126 Å². The molecule has 5 nitrogen and oxygen atoms in total. The molecule has 0 fully saturated rings. The Kier molecular flexibility index (Phi) is 7.46. The van der Waals surface area contributed by atoms with Crippen molar-refractivity contribution in [1.29, 1.82) is 0 Å². The van der Waals surface area contributed by atoms with Gasteiger partial charge in [0.25, 0.3) is 0 Å². The Morgan fingerprint density at radius 2 is 1.90 bits per heavy atom. The second-order valence-corrected chi connectivity index (χ2v) is 4.86. The van der Waals surface area contributed by atoms with Crippen LogP contribution in [0.2, 0.25) is 0 Å². The number of benzene rings is 1. The van der Waals surface area contributed by atoms with Crippen molar-refractivity contribution in [3.63, 3.8) is 0 Å². The lowest BCUT2D eigenvalue weighted by Gasteiger charge is -2.29. The number of unbranched alkanes of at least 4 members (excludes halogenated alkanes) is 1. The summed E-state index contributed by atoms with van der Waals surface area (Å²) in [6.45, 7) is 4.80. The van der Waals surface area contributed by atoms with Crippen LogP contribution in [0.3, 0.4) is 0 Å². The van der Waals surface area contributed by atoms with E-state index in [1.807, 2.05) is 30.3 Å². The molecule has 1 aromatic rings. The van der Waals surface area contributed by atoms with Gasteiger partial charge in [-0.25, -0.2) is 4.79 Å². The topological polar surface area (TPSA) is 72.6 Å². The zero-order valence-corrected chi connectivity index (χ0v) is 12.7. The highest BCUT2D eigenvalue weighted by Gasteiger charge is 2.29. The highest BCUT2D eigenvalue weighted by molar-refractivity contribution is 5.80. The van der Waals surface area contributed by atoms with Crippen molar-refractivity contribution in [2.45, 2.75) is 32.7 Å². The summed E-state index contributed by atoms with van der Waals surface area (Å²) in [7, 11) is 0. The molecular weight excluding hydrogens is 268 g/mol. The van der Waals surface area contributed by atoms with E-state index in [2.05, 4.69) is 6.92 Å². The maximum absolute atomic E-state index is 12.3. The Morgan fingerprint density at radius 3 is 2.43 bits per heavy atom. The molecule has 1 rings (SSSR count). The first-order valence-corrected chi connectivity index (χ1v) is 7.34. The number of hydrogen-bond donors (Lipinski definition) is 1. The van der Waals surface area contributed by atoms with Crippen LogP contribution in [0.15, 0.2) is 30.3 Å². The van der Waals surface area contributed by atoms with E-state index in [4.69, 9.17) is 10.5 Å². The lowest BCUT2D eigenvalue weighted by molar-refractivity contribution is -0.150. The van der Waals surface area contributed by atoms with Gasteiger partial charge in [0.05, 0.1) is 13.2 Å². The number of esters is 1. The minimum Gasteiger partial charge on any atom is -0.465 e. The highest BCUT2D eigenvalue weighted by Crippen LogP contribution is 2.22. The number of carbonyl (C=O) groups excluding carboxylic acids is 2. The van der Waals surface area contributed by atoms with Crippen LogP contribution < -0.4 is 5.73 Å². The summed E-state index contributed by atoms with van der Waals surface area (Å²) in [5.41, 5.74) is 6.14. The Hall–Kier alpha value is -1.88. The first-order chi connectivity index (χ1) is 10.1. The van der Waals surface area contributed by atoms with Gasteiger partial charge in [0.15, 0.2) is 0 Å². The van der Waals surface area contributed by atoms with Crippen LogP contribution in [0.25, 0.3) is 0 Å². The zero-order valence-electron chi connectivity index (χ0n) is 12.7. The molecule has 0 bridgehead atoms. The van der Waals surface area contributed by atoms with E-state index in [9.17, 15) is 9.59 Å². The van der Waals surface area contributed by atoms with Crippen molar-refractivity contribution in [3.05, 3.63) is 35.9 Å². The van der Waals surface area contributed by atoms with Crippen LogP contribution >= 0.6 is 0 Å². The van der Waals surface area contributed by atoms with Crippen LogP contribution in [0.4, 0.5) is 0 Å². The average Bonchev–Trinajstić information content (AvgIpc) is 2.45. The van der Waals surface area contributed by atoms with Crippen molar-refractivity contribution < 1.29 is 14.3 Å². The SMILES string of the molecule is CCCCN(CC(N)=O)C(C(=O)OCC)c1ccccc1. The molecule has 1 unspecified atom stereocenters. The first kappa shape index (κ1) is 17.2. The summed E-state index contributed by atoms with van der Waals surface area (Å²) in [6, 6.07) is 8.75. The number of ether oxygens (including phenoxy) is 1. The summed E-state index contributed by atoms with van der Waals surface area (Å²) in [4.78, 5) is 25.4. The third kappa shape index (κ3) is 5.55. The molecule has 0 aliphatic rings. The quantitative estimate of drug-likeness (QED) is 0.705. The molecule has 0 aliphatic heterocycles. The van der Waals surface area contributed by atoms with Gasteiger partial charge >= 0.3 is 5.97 Å². The Balaban J connectivity index is 3.05. The van der Waals surface area contributed by atoms with Crippen molar-refractivity contribution in [1.82, 2.24) is 4.90 Å². The molecule has 0 saturated heterocycles. The summed E-state index contributed by atoms with van der Waals surface area (Å²) in [6.07, 6.45) is 1.86. The van der Waals surface area contributed by atoms with Crippen LogP contribution in [-0.4, -0.2) is 36.5 Å². The summed E-state index contributed by atoms with van der Waals surface area (Å²) < 4.78 is 5.17. The molecule has 0 aliphatic carbocycles. The molecule has 0 heterocycles. The fourth-order valence-corrected chi connectivity index (χ4v) is 2.21. The molecule has 1 aromatic carbocycles. The second kappa shape index (κ2) is 9.13. The Morgan fingerprint density at radius 1 is 1.24 bits per heavy atom. The summed E-state index contributed by atoms with van der Waals surface area (Å²) in [5.74, 6) is -0.794. The predicted octanol–water partition coefficient (Wildman–Crippen LogP) is 1.88. The number of carbonyl (C=O) groups is 2. The molecule has 116 valence electrons.